The van der Waals surface area contributed by atoms with E-state index in [0.29, 0.717) is 5.56 Å². The summed E-state index contributed by atoms with van der Waals surface area (Å²) in [4.78, 5) is 35.1. The molecule has 1 aromatic rings. The van der Waals surface area contributed by atoms with Gasteiger partial charge in [-0.3, -0.25) is 4.79 Å². The highest BCUT2D eigenvalue weighted by Crippen LogP contribution is 2.09. The van der Waals surface area contributed by atoms with E-state index in [9.17, 15) is 14.4 Å². The van der Waals surface area contributed by atoms with E-state index in [4.69, 9.17) is 0 Å². The summed E-state index contributed by atoms with van der Waals surface area (Å²) in [5.74, 6) is -1.50. The van der Waals surface area contributed by atoms with Crippen LogP contribution in [0.1, 0.15) is 27.9 Å². The molecule has 0 saturated heterocycles. The van der Waals surface area contributed by atoms with Crippen molar-refractivity contribution in [2.24, 2.45) is 0 Å². The molecule has 0 aliphatic rings. The van der Waals surface area contributed by atoms with Crippen LogP contribution in [-0.2, 0) is 19.1 Å². The van der Waals surface area contributed by atoms with Gasteiger partial charge < -0.3 is 14.8 Å². The van der Waals surface area contributed by atoms with E-state index in [-0.39, 0.29) is 12.3 Å². The van der Waals surface area contributed by atoms with E-state index in [2.05, 4.69) is 14.8 Å². The molecule has 0 aliphatic heterocycles. The largest absolute Gasteiger partial charge is 0.467 e. The van der Waals surface area contributed by atoms with Gasteiger partial charge in [-0.15, -0.1) is 0 Å². The van der Waals surface area contributed by atoms with Crippen LogP contribution in [0.2, 0.25) is 0 Å². The standard InChI is InChI=1S/C17H21NO5/c1-11-8-12(2)10-13(9-11)16(20)18-14(17(21)23-4)6-5-7-15(19)22-3/h5,7-10,14H,6H2,1-4H3,(H,18,20)/b7-5+/t14-/m1/s1. The minimum atomic E-state index is -0.880. The fourth-order valence-corrected chi connectivity index (χ4v) is 2.07. The zero-order valence-electron chi connectivity index (χ0n) is 13.7. The molecule has 0 radical (unpaired) electrons. The first-order valence-corrected chi connectivity index (χ1v) is 7.09. The molecule has 0 unspecified atom stereocenters. The number of esters is 2. The first-order chi connectivity index (χ1) is 10.9. The summed E-state index contributed by atoms with van der Waals surface area (Å²) in [6, 6.07) is 4.55. The van der Waals surface area contributed by atoms with Crippen LogP contribution in [0.5, 0.6) is 0 Å². The number of benzene rings is 1. The van der Waals surface area contributed by atoms with Gasteiger partial charge in [-0.05, 0) is 32.4 Å². The van der Waals surface area contributed by atoms with Gasteiger partial charge in [0, 0.05) is 11.6 Å². The first kappa shape index (κ1) is 18.4. The second-order valence-corrected chi connectivity index (χ2v) is 5.09. The summed E-state index contributed by atoms with van der Waals surface area (Å²) in [6.45, 7) is 3.78. The summed E-state index contributed by atoms with van der Waals surface area (Å²) >= 11 is 0. The Morgan fingerprint density at radius 3 is 2.22 bits per heavy atom. The van der Waals surface area contributed by atoms with E-state index >= 15 is 0 Å². The van der Waals surface area contributed by atoms with E-state index in [1.54, 1.807) is 12.1 Å². The van der Waals surface area contributed by atoms with Crippen molar-refractivity contribution in [3.8, 4) is 0 Å². The number of methoxy groups -OCH3 is 2. The van der Waals surface area contributed by atoms with Gasteiger partial charge in [0.05, 0.1) is 14.2 Å². The molecule has 1 aromatic carbocycles. The number of hydrogen-bond acceptors (Lipinski definition) is 5. The molecule has 1 rings (SSSR count). The zero-order valence-corrected chi connectivity index (χ0v) is 13.7. The molecule has 0 aliphatic carbocycles. The maximum atomic E-state index is 12.3. The predicted molar refractivity (Wildman–Crippen MR) is 85.0 cm³/mol. The number of aryl methyl sites for hydroxylation is 2. The quantitative estimate of drug-likeness (QED) is 0.637. The SMILES string of the molecule is COC(=O)/C=C/C[C@@H](NC(=O)c1cc(C)cc(C)c1)C(=O)OC. The Kier molecular flexibility index (Phi) is 6.99. The maximum Gasteiger partial charge on any atom is 0.330 e. The lowest BCUT2D eigenvalue weighted by Crippen LogP contribution is -2.41. The lowest BCUT2D eigenvalue weighted by atomic mass is 10.1. The molecule has 1 N–H and O–H groups in total. The van der Waals surface area contributed by atoms with Crippen LogP contribution in [0.15, 0.2) is 30.4 Å². The van der Waals surface area contributed by atoms with Crippen molar-refractivity contribution < 1.29 is 23.9 Å². The number of carbonyl (C=O) groups is 3. The molecule has 23 heavy (non-hydrogen) atoms. The number of carbonyl (C=O) groups excluding carboxylic acids is 3. The highest BCUT2D eigenvalue weighted by atomic mass is 16.5. The van der Waals surface area contributed by atoms with Gasteiger partial charge in [0.2, 0.25) is 0 Å². The van der Waals surface area contributed by atoms with Crippen LogP contribution in [0.25, 0.3) is 0 Å². The monoisotopic (exact) mass is 319 g/mol. The van der Waals surface area contributed by atoms with Crippen LogP contribution in [0.3, 0.4) is 0 Å². The van der Waals surface area contributed by atoms with Crippen molar-refractivity contribution in [1.29, 1.82) is 0 Å². The highest BCUT2D eigenvalue weighted by molar-refractivity contribution is 5.97. The number of hydrogen-bond donors (Lipinski definition) is 1. The predicted octanol–water partition coefficient (Wildman–Crippen LogP) is 1.69. The Balaban J connectivity index is 2.83. The average Bonchev–Trinajstić information content (AvgIpc) is 2.51. The van der Waals surface area contributed by atoms with Gasteiger partial charge in [0.25, 0.3) is 5.91 Å². The van der Waals surface area contributed by atoms with Gasteiger partial charge in [-0.2, -0.15) is 0 Å². The fourth-order valence-electron chi connectivity index (χ4n) is 2.07. The molecule has 1 amide bonds. The van der Waals surface area contributed by atoms with E-state index in [1.165, 1.54) is 26.4 Å². The molecule has 0 saturated carbocycles. The fraction of sp³-hybridized carbons (Fsp3) is 0.353. The molecule has 0 spiro atoms. The second kappa shape index (κ2) is 8.73. The molecule has 0 fully saturated rings. The van der Waals surface area contributed by atoms with Gasteiger partial charge in [-0.25, -0.2) is 9.59 Å². The van der Waals surface area contributed by atoms with Crippen LogP contribution in [0.4, 0.5) is 0 Å². The molecule has 6 heteroatoms. The highest BCUT2D eigenvalue weighted by Gasteiger charge is 2.21. The van der Waals surface area contributed by atoms with Gasteiger partial charge in [-0.1, -0.05) is 23.3 Å². The topological polar surface area (TPSA) is 81.7 Å². The van der Waals surface area contributed by atoms with Crippen molar-refractivity contribution in [3.63, 3.8) is 0 Å². The minimum Gasteiger partial charge on any atom is -0.467 e. The summed E-state index contributed by atoms with van der Waals surface area (Å²) in [5.41, 5.74) is 2.37. The van der Waals surface area contributed by atoms with Crippen molar-refractivity contribution in [2.75, 3.05) is 14.2 Å². The molecular weight excluding hydrogens is 298 g/mol. The third kappa shape index (κ3) is 5.94. The normalized spacial score (nSPS) is 11.8. The number of rotatable bonds is 6. The Morgan fingerprint density at radius 2 is 1.70 bits per heavy atom. The van der Waals surface area contributed by atoms with Crippen molar-refractivity contribution >= 4 is 17.8 Å². The Bertz CT molecular complexity index is 601. The van der Waals surface area contributed by atoms with Crippen LogP contribution >= 0.6 is 0 Å². The van der Waals surface area contributed by atoms with Gasteiger partial charge >= 0.3 is 11.9 Å². The third-order valence-corrected chi connectivity index (χ3v) is 3.10. The van der Waals surface area contributed by atoms with Crippen molar-refractivity contribution in [3.05, 3.63) is 47.0 Å². The number of ether oxygens (including phenoxy) is 2. The van der Waals surface area contributed by atoms with Crippen LogP contribution < -0.4 is 5.32 Å². The Hall–Kier alpha value is -2.63. The second-order valence-electron chi connectivity index (χ2n) is 5.09. The minimum absolute atomic E-state index is 0.123. The van der Waals surface area contributed by atoms with Gasteiger partial charge in [0.15, 0.2) is 0 Å². The summed E-state index contributed by atoms with van der Waals surface area (Å²) in [5, 5.41) is 2.61. The smallest absolute Gasteiger partial charge is 0.330 e. The third-order valence-electron chi connectivity index (χ3n) is 3.10. The van der Waals surface area contributed by atoms with Crippen molar-refractivity contribution in [2.45, 2.75) is 26.3 Å². The first-order valence-electron chi connectivity index (χ1n) is 7.09. The summed E-state index contributed by atoms with van der Waals surface area (Å²) < 4.78 is 9.14. The summed E-state index contributed by atoms with van der Waals surface area (Å²) in [6.07, 6.45) is 2.77. The molecule has 124 valence electrons. The molecule has 0 heterocycles. The lowest BCUT2D eigenvalue weighted by molar-refractivity contribution is -0.143. The van der Waals surface area contributed by atoms with E-state index in [0.717, 1.165) is 11.1 Å². The zero-order chi connectivity index (χ0) is 17.4. The van der Waals surface area contributed by atoms with Crippen LogP contribution in [-0.4, -0.2) is 38.1 Å². The van der Waals surface area contributed by atoms with Gasteiger partial charge in [0.1, 0.15) is 6.04 Å². The Morgan fingerprint density at radius 1 is 1.09 bits per heavy atom. The van der Waals surface area contributed by atoms with E-state index in [1.807, 2.05) is 19.9 Å². The van der Waals surface area contributed by atoms with Crippen molar-refractivity contribution in [1.82, 2.24) is 5.32 Å². The van der Waals surface area contributed by atoms with E-state index < -0.39 is 18.0 Å². The molecule has 6 nitrogen and oxygen atoms in total. The molecule has 0 bridgehead atoms. The number of amides is 1. The average molecular weight is 319 g/mol. The molecule has 1 atom stereocenters. The molecule has 0 aromatic heterocycles. The number of nitrogens with one attached hydrogen (secondary N) is 1. The molecular formula is C17H21NO5. The van der Waals surface area contributed by atoms with Crippen LogP contribution in [0, 0.1) is 13.8 Å². The maximum absolute atomic E-state index is 12.3. The summed E-state index contributed by atoms with van der Waals surface area (Å²) in [7, 11) is 2.49. The Labute approximate surface area is 135 Å². The lowest BCUT2D eigenvalue weighted by Gasteiger charge is -2.15.